The van der Waals surface area contributed by atoms with Gasteiger partial charge in [0.25, 0.3) is 0 Å². The Kier molecular flexibility index (Phi) is 12.0. The lowest BCUT2D eigenvalue weighted by Gasteiger charge is -2.21. The highest BCUT2D eigenvalue weighted by Gasteiger charge is 2.06. The maximum atomic E-state index is 11.8. The van der Waals surface area contributed by atoms with Crippen molar-refractivity contribution in [3.63, 3.8) is 0 Å². The van der Waals surface area contributed by atoms with Gasteiger partial charge in [-0.3, -0.25) is 4.79 Å². The third-order valence-corrected chi connectivity index (χ3v) is 4.79. The van der Waals surface area contributed by atoms with E-state index >= 15 is 0 Å². The average molecular weight is 376 g/mol. The number of nitrogens with one attached hydrogen (secondary N) is 1. The molecule has 0 fully saturated rings. The molecule has 0 atom stereocenters. The second kappa shape index (κ2) is 14.1. The van der Waals surface area contributed by atoms with Crippen LogP contribution in [0.1, 0.15) is 84.1 Å². The number of carbonyl (C=O) groups is 1. The molecule has 0 unspecified atom stereocenters. The first-order valence-electron chi connectivity index (χ1n) is 10.5. The lowest BCUT2D eigenvalue weighted by molar-refractivity contribution is -0.121. The van der Waals surface area contributed by atoms with Crippen LogP contribution < -0.4 is 10.3 Å². The van der Waals surface area contributed by atoms with Crippen molar-refractivity contribution >= 4 is 17.8 Å². The van der Waals surface area contributed by atoms with Gasteiger partial charge in [-0.1, -0.05) is 51.9 Å². The third kappa shape index (κ3) is 9.45. The van der Waals surface area contributed by atoms with Crippen molar-refractivity contribution in [3.8, 4) is 5.75 Å². The summed E-state index contributed by atoms with van der Waals surface area (Å²) in [4.78, 5) is 14.0. The molecule has 1 aromatic rings. The van der Waals surface area contributed by atoms with Crippen molar-refractivity contribution in [2.24, 2.45) is 5.10 Å². The van der Waals surface area contributed by atoms with Gasteiger partial charge >= 0.3 is 0 Å². The van der Waals surface area contributed by atoms with Crippen molar-refractivity contribution in [2.75, 3.05) is 18.0 Å². The summed E-state index contributed by atoms with van der Waals surface area (Å²) >= 11 is 0. The van der Waals surface area contributed by atoms with Gasteiger partial charge in [-0.05, 0) is 32.4 Å². The molecule has 1 aromatic carbocycles. The summed E-state index contributed by atoms with van der Waals surface area (Å²) in [5.41, 5.74) is 4.12. The van der Waals surface area contributed by atoms with Gasteiger partial charge in [0.05, 0.1) is 6.21 Å². The standard InChI is InChI=1S/C22H37N3O2/c1-4-7-8-9-10-11-12-13-14-22(27)24-23-18-19-15-16-20(17-21(19)26)25(5-2)6-3/h15-18,26H,4-14H2,1-3H3,(H,24,27). The van der Waals surface area contributed by atoms with Crippen LogP contribution in [0.5, 0.6) is 5.75 Å². The zero-order valence-electron chi connectivity index (χ0n) is 17.3. The monoisotopic (exact) mass is 375 g/mol. The number of rotatable bonds is 14. The molecular formula is C22H37N3O2. The minimum atomic E-state index is -0.0727. The van der Waals surface area contributed by atoms with Crippen LogP contribution in [-0.2, 0) is 4.79 Å². The van der Waals surface area contributed by atoms with Crippen molar-refractivity contribution in [1.82, 2.24) is 5.43 Å². The van der Waals surface area contributed by atoms with E-state index < -0.39 is 0 Å². The first-order chi connectivity index (χ1) is 13.1. The van der Waals surface area contributed by atoms with Crippen LogP contribution in [0.2, 0.25) is 0 Å². The highest BCUT2D eigenvalue weighted by molar-refractivity contribution is 5.86. The van der Waals surface area contributed by atoms with Crippen LogP contribution in [0.15, 0.2) is 23.3 Å². The molecule has 27 heavy (non-hydrogen) atoms. The van der Waals surface area contributed by atoms with Crippen molar-refractivity contribution in [1.29, 1.82) is 0 Å². The number of anilines is 1. The molecule has 0 aromatic heterocycles. The highest BCUT2D eigenvalue weighted by Crippen LogP contribution is 2.23. The molecular weight excluding hydrogens is 338 g/mol. The topological polar surface area (TPSA) is 64.9 Å². The minimum absolute atomic E-state index is 0.0727. The summed E-state index contributed by atoms with van der Waals surface area (Å²) in [6.45, 7) is 8.16. The van der Waals surface area contributed by atoms with E-state index in [-0.39, 0.29) is 11.7 Å². The lowest BCUT2D eigenvalue weighted by atomic mass is 10.1. The quantitative estimate of drug-likeness (QED) is 0.266. The van der Waals surface area contributed by atoms with Crippen LogP contribution in [0.25, 0.3) is 0 Å². The Morgan fingerprint density at radius 1 is 1.04 bits per heavy atom. The number of phenolic OH excluding ortho intramolecular Hbond substituents is 1. The fourth-order valence-corrected chi connectivity index (χ4v) is 3.08. The third-order valence-electron chi connectivity index (χ3n) is 4.79. The molecule has 0 aliphatic heterocycles. The molecule has 0 radical (unpaired) electrons. The molecule has 0 spiro atoms. The van der Waals surface area contributed by atoms with Crippen LogP contribution in [0, 0.1) is 0 Å². The van der Waals surface area contributed by atoms with Gasteiger partial charge < -0.3 is 10.0 Å². The van der Waals surface area contributed by atoms with Gasteiger partial charge in [0, 0.05) is 36.8 Å². The molecule has 0 aliphatic carbocycles. The Labute approximate surface area is 164 Å². The van der Waals surface area contributed by atoms with E-state index in [1.165, 1.54) is 44.7 Å². The molecule has 1 rings (SSSR count). The molecule has 1 amide bonds. The number of unbranched alkanes of at least 4 members (excludes halogenated alkanes) is 7. The van der Waals surface area contributed by atoms with E-state index in [1.54, 1.807) is 6.07 Å². The number of hydrogen-bond acceptors (Lipinski definition) is 4. The average Bonchev–Trinajstić information content (AvgIpc) is 2.66. The van der Waals surface area contributed by atoms with Crippen LogP contribution in [0.4, 0.5) is 5.69 Å². The van der Waals surface area contributed by atoms with Gasteiger partial charge in [-0.15, -0.1) is 0 Å². The Morgan fingerprint density at radius 3 is 2.26 bits per heavy atom. The van der Waals surface area contributed by atoms with Gasteiger partial charge in [0.1, 0.15) is 5.75 Å². The maximum absolute atomic E-state index is 11.8. The number of amides is 1. The van der Waals surface area contributed by atoms with E-state index in [9.17, 15) is 9.90 Å². The Morgan fingerprint density at radius 2 is 1.67 bits per heavy atom. The Bertz CT molecular complexity index is 569. The van der Waals surface area contributed by atoms with E-state index in [4.69, 9.17) is 0 Å². The van der Waals surface area contributed by atoms with Gasteiger partial charge in [0.2, 0.25) is 5.91 Å². The van der Waals surface area contributed by atoms with Gasteiger partial charge in [-0.2, -0.15) is 5.10 Å². The molecule has 5 nitrogen and oxygen atoms in total. The first kappa shape index (κ1) is 23.0. The highest BCUT2D eigenvalue weighted by atomic mass is 16.3. The number of carbonyl (C=O) groups excluding carboxylic acids is 1. The zero-order valence-corrected chi connectivity index (χ0v) is 17.3. The first-order valence-corrected chi connectivity index (χ1v) is 10.5. The van der Waals surface area contributed by atoms with E-state index in [0.29, 0.717) is 12.0 Å². The fraction of sp³-hybridized carbons (Fsp3) is 0.636. The molecule has 0 heterocycles. The van der Waals surface area contributed by atoms with Crippen LogP contribution in [-0.4, -0.2) is 30.3 Å². The summed E-state index contributed by atoms with van der Waals surface area (Å²) < 4.78 is 0. The Balaban J connectivity index is 2.28. The number of hydrogen-bond donors (Lipinski definition) is 2. The predicted molar refractivity (Wildman–Crippen MR) is 115 cm³/mol. The lowest BCUT2D eigenvalue weighted by Crippen LogP contribution is -2.21. The van der Waals surface area contributed by atoms with Crippen LogP contribution >= 0.6 is 0 Å². The van der Waals surface area contributed by atoms with Gasteiger partial charge in [-0.25, -0.2) is 5.43 Å². The molecule has 152 valence electrons. The van der Waals surface area contributed by atoms with E-state index in [0.717, 1.165) is 31.6 Å². The van der Waals surface area contributed by atoms with Gasteiger partial charge in [0.15, 0.2) is 0 Å². The molecule has 2 N–H and O–H groups in total. The largest absolute Gasteiger partial charge is 0.507 e. The second-order valence-electron chi connectivity index (χ2n) is 6.93. The number of nitrogens with zero attached hydrogens (tertiary/aromatic N) is 2. The SMILES string of the molecule is CCCCCCCCCCC(=O)NN=Cc1ccc(N(CC)CC)cc1O. The summed E-state index contributed by atoms with van der Waals surface area (Å²) in [5, 5.41) is 14.1. The smallest absolute Gasteiger partial charge is 0.240 e. The summed E-state index contributed by atoms with van der Waals surface area (Å²) in [5.74, 6) is 0.0944. The summed E-state index contributed by atoms with van der Waals surface area (Å²) in [6, 6.07) is 5.50. The molecule has 0 saturated heterocycles. The zero-order chi connectivity index (χ0) is 19.9. The summed E-state index contributed by atoms with van der Waals surface area (Å²) in [7, 11) is 0. The van der Waals surface area contributed by atoms with Crippen molar-refractivity contribution < 1.29 is 9.90 Å². The van der Waals surface area contributed by atoms with Crippen molar-refractivity contribution in [2.45, 2.75) is 78.6 Å². The molecule has 0 aliphatic rings. The van der Waals surface area contributed by atoms with E-state index in [2.05, 4.69) is 36.2 Å². The minimum Gasteiger partial charge on any atom is -0.507 e. The van der Waals surface area contributed by atoms with Crippen LogP contribution in [0.3, 0.4) is 0 Å². The Hall–Kier alpha value is -2.04. The number of benzene rings is 1. The number of hydrazone groups is 1. The molecule has 0 bridgehead atoms. The molecule has 0 saturated carbocycles. The normalized spacial score (nSPS) is 11.1. The van der Waals surface area contributed by atoms with Crippen molar-refractivity contribution in [3.05, 3.63) is 23.8 Å². The second-order valence-corrected chi connectivity index (χ2v) is 6.93. The van der Waals surface area contributed by atoms with E-state index in [1.807, 2.05) is 12.1 Å². The summed E-state index contributed by atoms with van der Waals surface area (Å²) in [6.07, 6.45) is 11.7. The number of phenols is 1. The fourth-order valence-electron chi connectivity index (χ4n) is 3.08. The number of aromatic hydroxyl groups is 1. The maximum Gasteiger partial charge on any atom is 0.240 e. The predicted octanol–water partition coefficient (Wildman–Crippen LogP) is 5.22. The molecule has 5 heteroatoms.